The number of rotatable bonds is 3. The SMILES string of the molecule is O=P(O)(O)Cc1cc(-n2ccnc2)c2ccc(Cl)c(Cl)c2n1. The molecule has 0 saturated heterocycles. The summed E-state index contributed by atoms with van der Waals surface area (Å²) < 4.78 is 13.0. The van der Waals surface area contributed by atoms with Crippen molar-refractivity contribution in [3.05, 3.63) is 52.7 Å². The number of imidazole rings is 1. The fourth-order valence-electron chi connectivity index (χ4n) is 2.17. The van der Waals surface area contributed by atoms with Gasteiger partial charge in [0.1, 0.15) is 0 Å². The molecule has 114 valence electrons. The van der Waals surface area contributed by atoms with Crippen LogP contribution in [-0.4, -0.2) is 24.3 Å². The molecule has 0 aliphatic heterocycles. The maximum Gasteiger partial charge on any atom is 0.331 e. The van der Waals surface area contributed by atoms with Crippen molar-refractivity contribution >= 4 is 41.7 Å². The van der Waals surface area contributed by atoms with E-state index in [-0.39, 0.29) is 10.7 Å². The van der Waals surface area contributed by atoms with Crippen molar-refractivity contribution in [2.75, 3.05) is 0 Å². The fourth-order valence-corrected chi connectivity index (χ4v) is 3.12. The van der Waals surface area contributed by atoms with Gasteiger partial charge >= 0.3 is 7.60 Å². The molecule has 0 amide bonds. The molecule has 0 aliphatic carbocycles. The van der Waals surface area contributed by atoms with E-state index in [9.17, 15) is 14.4 Å². The molecular formula is C13H10Cl2N3O3P. The Morgan fingerprint density at radius 1 is 1.27 bits per heavy atom. The summed E-state index contributed by atoms with van der Waals surface area (Å²) in [6, 6.07) is 5.01. The van der Waals surface area contributed by atoms with Gasteiger partial charge in [-0.25, -0.2) is 4.98 Å². The Morgan fingerprint density at radius 2 is 2.05 bits per heavy atom. The van der Waals surface area contributed by atoms with E-state index in [2.05, 4.69) is 9.97 Å². The molecule has 2 heterocycles. The lowest BCUT2D eigenvalue weighted by Crippen LogP contribution is -1.99. The van der Waals surface area contributed by atoms with Crippen LogP contribution in [0.25, 0.3) is 16.6 Å². The maximum absolute atomic E-state index is 11.3. The average Bonchev–Trinajstić information content (AvgIpc) is 2.95. The first-order valence-electron chi connectivity index (χ1n) is 6.16. The summed E-state index contributed by atoms with van der Waals surface area (Å²) in [6.45, 7) is 0. The second-order valence-electron chi connectivity index (χ2n) is 4.68. The minimum atomic E-state index is -4.25. The number of benzene rings is 1. The Balaban J connectivity index is 2.32. The van der Waals surface area contributed by atoms with Gasteiger partial charge in [0, 0.05) is 17.8 Å². The molecule has 22 heavy (non-hydrogen) atoms. The molecule has 6 nitrogen and oxygen atoms in total. The number of fused-ring (bicyclic) bond motifs is 1. The molecule has 0 saturated carbocycles. The molecule has 0 aliphatic rings. The highest BCUT2D eigenvalue weighted by Gasteiger charge is 2.19. The molecular weight excluding hydrogens is 348 g/mol. The maximum atomic E-state index is 11.3. The van der Waals surface area contributed by atoms with Crippen LogP contribution in [0.1, 0.15) is 5.69 Å². The van der Waals surface area contributed by atoms with Crippen LogP contribution in [-0.2, 0) is 10.7 Å². The fraction of sp³-hybridized carbons (Fsp3) is 0.0769. The van der Waals surface area contributed by atoms with Gasteiger partial charge in [-0.1, -0.05) is 23.2 Å². The third kappa shape index (κ3) is 3.02. The molecule has 0 radical (unpaired) electrons. The van der Waals surface area contributed by atoms with Gasteiger partial charge in [-0.3, -0.25) is 9.55 Å². The van der Waals surface area contributed by atoms with Crippen LogP contribution in [0.2, 0.25) is 10.0 Å². The van der Waals surface area contributed by atoms with E-state index in [1.165, 1.54) is 0 Å². The number of hydrogen-bond acceptors (Lipinski definition) is 3. The standard InChI is InChI=1S/C13H10Cl2N3O3P/c14-10-2-1-9-11(18-4-3-16-7-18)5-8(6-22(19,20)21)17-13(9)12(10)15/h1-5,7H,6H2,(H2,19,20,21). The molecule has 0 bridgehead atoms. The van der Waals surface area contributed by atoms with E-state index < -0.39 is 13.8 Å². The third-order valence-electron chi connectivity index (χ3n) is 3.05. The van der Waals surface area contributed by atoms with Gasteiger partial charge in [-0.15, -0.1) is 0 Å². The first-order valence-corrected chi connectivity index (χ1v) is 8.71. The predicted molar refractivity (Wildman–Crippen MR) is 84.6 cm³/mol. The molecule has 0 fully saturated rings. The van der Waals surface area contributed by atoms with Gasteiger partial charge < -0.3 is 14.4 Å². The molecule has 2 aromatic heterocycles. The van der Waals surface area contributed by atoms with Gasteiger partial charge in [0.25, 0.3) is 0 Å². The number of nitrogens with zero attached hydrogens (tertiary/aromatic N) is 3. The van der Waals surface area contributed by atoms with Gasteiger partial charge in [0.2, 0.25) is 0 Å². The molecule has 9 heteroatoms. The van der Waals surface area contributed by atoms with Gasteiger partial charge in [-0.05, 0) is 18.2 Å². The lowest BCUT2D eigenvalue weighted by molar-refractivity contribution is 0.371. The highest BCUT2D eigenvalue weighted by Crippen LogP contribution is 2.40. The second-order valence-corrected chi connectivity index (χ2v) is 7.11. The van der Waals surface area contributed by atoms with Crippen molar-refractivity contribution in [1.29, 1.82) is 0 Å². The minimum absolute atomic E-state index is 0.230. The van der Waals surface area contributed by atoms with E-state index in [1.54, 1.807) is 41.5 Å². The van der Waals surface area contributed by atoms with Crippen LogP contribution >= 0.6 is 30.8 Å². The lowest BCUT2D eigenvalue weighted by atomic mass is 10.1. The summed E-state index contributed by atoms with van der Waals surface area (Å²) >= 11 is 12.2. The molecule has 1 aromatic carbocycles. The number of pyridine rings is 1. The Kier molecular flexibility index (Phi) is 3.97. The van der Waals surface area contributed by atoms with Crippen LogP contribution < -0.4 is 0 Å². The van der Waals surface area contributed by atoms with E-state index in [4.69, 9.17) is 23.2 Å². The van der Waals surface area contributed by atoms with Crippen molar-refractivity contribution in [1.82, 2.24) is 14.5 Å². The monoisotopic (exact) mass is 357 g/mol. The Bertz CT molecular complexity index is 893. The zero-order valence-electron chi connectivity index (χ0n) is 11.0. The van der Waals surface area contributed by atoms with Crippen molar-refractivity contribution in [2.45, 2.75) is 6.16 Å². The summed E-state index contributed by atoms with van der Waals surface area (Å²) in [4.78, 5) is 26.6. The van der Waals surface area contributed by atoms with Crippen LogP contribution in [0, 0.1) is 0 Å². The zero-order chi connectivity index (χ0) is 15.9. The molecule has 0 spiro atoms. The lowest BCUT2D eigenvalue weighted by Gasteiger charge is -2.12. The molecule has 3 aromatic rings. The number of halogens is 2. The average molecular weight is 358 g/mol. The van der Waals surface area contributed by atoms with Crippen LogP contribution in [0.3, 0.4) is 0 Å². The van der Waals surface area contributed by atoms with Gasteiger partial charge in [0.15, 0.2) is 0 Å². The Morgan fingerprint density at radius 3 is 2.68 bits per heavy atom. The summed E-state index contributed by atoms with van der Waals surface area (Å²) in [5.74, 6) is 0. The topological polar surface area (TPSA) is 88.2 Å². The van der Waals surface area contributed by atoms with Gasteiger partial charge in [0.05, 0.1) is 39.4 Å². The molecule has 2 N–H and O–H groups in total. The number of hydrogen-bond donors (Lipinski definition) is 2. The largest absolute Gasteiger partial charge is 0.331 e. The van der Waals surface area contributed by atoms with Gasteiger partial charge in [-0.2, -0.15) is 0 Å². The smallest absolute Gasteiger partial charge is 0.324 e. The van der Waals surface area contributed by atoms with Crippen molar-refractivity contribution < 1.29 is 14.4 Å². The van der Waals surface area contributed by atoms with Crippen LogP contribution in [0.15, 0.2) is 36.9 Å². The molecule has 0 unspecified atom stereocenters. The number of aromatic nitrogens is 3. The van der Waals surface area contributed by atoms with E-state index in [0.717, 1.165) is 0 Å². The van der Waals surface area contributed by atoms with Crippen LogP contribution in [0.4, 0.5) is 0 Å². The summed E-state index contributed by atoms with van der Waals surface area (Å²) in [7, 11) is -4.25. The van der Waals surface area contributed by atoms with E-state index in [0.29, 0.717) is 21.6 Å². The molecule has 0 atom stereocenters. The first kappa shape index (κ1) is 15.5. The summed E-state index contributed by atoms with van der Waals surface area (Å²) in [6.07, 6.45) is 4.43. The van der Waals surface area contributed by atoms with Crippen molar-refractivity contribution in [3.8, 4) is 5.69 Å². The van der Waals surface area contributed by atoms with E-state index in [1.807, 2.05) is 0 Å². The Labute approximate surface area is 135 Å². The third-order valence-corrected chi connectivity index (χ3v) is 4.58. The second kappa shape index (κ2) is 5.65. The highest BCUT2D eigenvalue weighted by molar-refractivity contribution is 7.50. The van der Waals surface area contributed by atoms with Crippen molar-refractivity contribution in [2.24, 2.45) is 0 Å². The van der Waals surface area contributed by atoms with Crippen molar-refractivity contribution in [3.63, 3.8) is 0 Å². The Hall–Kier alpha value is -1.43. The first-order chi connectivity index (χ1) is 10.3. The summed E-state index contributed by atoms with van der Waals surface area (Å²) in [5, 5.41) is 1.28. The minimum Gasteiger partial charge on any atom is -0.324 e. The van der Waals surface area contributed by atoms with Crippen LogP contribution in [0.5, 0.6) is 0 Å². The normalized spacial score (nSPS) is 12.0. The van der Waals surface area contributed by atoms with E-state index >= 15 is 0 Å². The predicted octanol–water partition coefficient (Wildman–Crippen LogP) is 3.41. The summed E-state index contributed by atoms with van der Waals surface area (Å²) in [5.41, 5.74) is 1.29. The highest BCUT2D eigenvalue weighted by atomic mass is 35.5. The molecule has 3 rings (SSSR count). The quantitative estimate of drug-likeness (QED) is 0.701. The zero-order valence-corrected chi connectivity index (χ0v) is 13.4.